The Kier molecular flexibility index (Phi) is 8.36. The molecule has 2 aromatic heterocycles. The SMILES string of the molecule is Cc1ccc(Oc2nc(-c3cccc(O)c3)nc3c2ncn3C)cc1C(=O)Nc1ccc(CN2CCN(C)CC2)c(C(F)(F)F)c1. The van der Waals surface area contributed by atoms with E-state index in [0.717, 1.165) is 19.2 Å². The predicted molar refractivity (Wildman–Crippen MR) is 167 cm³/mol. The van der Waals surface area contributed by atoms with Crippen LogP contribution in [0.25, 0.3) is 22.6 Å². The van der Waals surface area contributed by atoms with E-state index < -0.39 is 17.6 Å². The maximum Gasteiger partial charge on any atom is 0.416 e. The molecule has 2 N–H and O–H groups in total. The van der Waals surface area contributed by atoms with Gasteiger partial charge in [0, 0.05) is 56.6 Å². The van der Waals surface area contributed by atoms with Crippen molar-refractivity contribution in [3.63, 3.8) is 0 Å². The Morgan fingerprint density at radius 3 is 2.52 bits per heavy atom. The van der Waals surface area contributed by atoms with E-state index in [-0.39, 0.29) is 40.7 Å². The van der Waals surface area contributed by atoms with Crippen LogP contribution in [0.3, 0.4) is 0 Å². The second-order valence-corrected chi connectivity index (χ2v) is 11.4. The number of rotatable bonds is 7. The lowest BCUT2D eigenvalue weighted by Crippen LogP contribution is -2.44. The Morgan fingerprint density at radius 2 is 1.78 bits per heavy atom. The number of hydrogen-bond donors (Lipinski definition) is 2. The van der Waals surface area contributed by atoms with E-state index in [1.807, 2.05) is 11.9 Å². The summed E-state index contributed by atoms with van der Waals surface area (Å²) in [6.45, 7) is 4.85. The van der Waals surface area contributed by atoms with Crippen LogP contribution in [-0.2, 0) is 19.8 Å². The van der Waals surface area contributed by atoms with Crippen molar-refractivity contribution < 1.29 is 27.8 Å². The summed E-state index contributed by atoms with van der Waals surface area (Å²) in [6, 6.07) is 15.2. The van der Waals surface area contributed by atoms with Gasteiger partial charge in [0.2, 0.25) is 0 Å². The molecule has 0 unspecified atom stereocenters. The van der Waals surface area contributed by atoms with Gasteiger partial charge in [-0.1, -0.05) is 24.3 Å². The van der Waals surface area contributed by atoms with Gasteiger partial charge in [-0.2, -0.15) is 18.2 Å². The number of phenolic OH excluding ortho intramolecular Hbond substituents is 1. The van der Waals surface area contributed by atoms with Crippen LogP contribution in [0.1, 0.15) is 27.0 Å². The van der Waals surface area contributed by atoms with Gasteiger partial charge in [0.15, 0.2) is 17.0 Å². The van der Waals surface area contributed by atoms with Crippen molar-refractivity contribution in [2.24, 2.45) is 7.05 Å². The van der Waals surface area contributed by atoms with Crippen LogP contribution in [0.4, 0.5) is 18.9 Å². The standard InChI is InChI=1S/C33H32F3N7O3/c1-20-7-10-25(46-32-28-30(42(3)19-37-28)39-29(40-32)21-5-4-6-24(44)15-21)17-26(20)31(45)38-23-9-8-22(27(16-23)33(34,35)36)18-43-13-11-41(2)12-14-43/h4-10,15-17,19,44H,11-14,18H2,1-3H3,(H,38,45). The molecule has 5 aromatic rings. The number of hydrogen-bond acceptors (Lipinski definition) is 8. The fraction of sp³-hybridized carbons (Fsp3) is 0.273. The van der Waals surface area contributed by atoms with Crippen LogP contribution in [0, 0.1) is 6.92 Å². The molecule has 1 aliphatic rings. The van der Waals surface area contributed by atoms with Crippen LogP contribution < -0.4 is 10.1 Å². The van der Waals surface area contributed by atoms with Crippen molar-refractivity contribution in [3.8, 4) is 28.8 Å². The molecule has 1 fully saturated rings. The number of halogens is 3. The number of phenols is 1. The van der Waals surface area contributed by atoms with Crippen molar-refractivity contribution in [3.05, 3.63) is 89.2 Å². The molecule has 0 atom stereocenters. The van der Waals surface area contributed by atoms with Gasteiger partial charge in [-0.25, -0.2) is 9.97 Å². The molecule has 46 heavy (non-hydrogen) atoms. The molecule has 0 spiro atoms. The third kappa shape index (κ3) is 6.65. The largest absolute Gasteiger partial charge is 0.508 e. The molecule has 0 saturated carbocycles. The number of amides is 1. The molecule has 3 heterocycles. The van der Waals surface area contributed by atoms with Gasteiger partial charge in [0.25, 0.3) is 11.8 Å². The molecular formula is C33H32F3N7O3. The second kappa shape index (κ2) is 12.4. The normalized spacial score (nSPS) is 14.5. The zero-order chi connectivity index (χ0) is 32.6. The number of fused-ring (bicyclic) bond motifs is 1. The summed E-state index contributed by atoms with van der Waals surface area (Å²) in [5, 5.41) is 12.6. The number of carbonyl (C=O) groups excluding carboxylic acids is 1. The minimum Gasteiger partial charge on any atom is -0.508 e. The molecule has 10 nitrogen and oxygen atoms in total. The Morgan fingerprint density at radius 1 is 1.00 bits per heavy atom. The molecule has 0 bridgehead atoms. The van der Waals surface area contributed by atoms with Crippen molar-refractivity contribution in [2.45, 2.75) is 19.6 Å². The number of imidazole rings is 1. The van der Waals surface area contributed by atoms with E-state index in [9.17, 15) is 23.1 Å². The number of anilines is 1. The number of piperazine rings is 1. The van der Waals surface area contributed by atoms with Gasteiger partial charge in [0.05, 0.1) is 11.9 Å². The van der Waals surface area contributed by atoms with Crippen LogP contribution in [0.15, 0.2) is 67.0 Å². The second-order valence-electron chi connectivity index (χ2n) is 11.4. The summed E-state index contributed by atoms with van der Waals surface area (Å²) >= 11 is 0. The van der Waals surface area contributed by atoms with Crippen LogP contribution >= 0.6 is 0 Å². The van der Waals surface area contributed by atoms with Crippen LogP contribution in [0.5, 0.6) is 17.4 Å². The summed E-state index contributed by atoms with van der Waals surface area (Å²) in [6.07, 6.45) is -3.02. The lowest BCUT2D eigenvalue weighted by atomic mass is 10.0. The van der Waals surface area contributed by atoms with Crippen molar-refractivity contribution >= 4 is 22.8 Å². The molecule has 238 valence electrons. The first-order chi connectivity index (χ1) is 21.9. The van der Waals surface area contributed by atoms with E-state index in [1.54, 1.807) is 49.1 Å². The minimum absolute atomic E-state index is 0.0342. The first-order valence-corrected chi connectivity index (χ1v) is 14.6. The summed E-state index contributed by atoms with van der Waals surface area (Å²) in [4.78, 5) is 31.0. The molecule has 1 saturated heterocycles. The number of alkyl halides is 3. The van der Waals surface area contributed by atoms with Gasteiger partial charge < -0.3 is 24.6 Å². The number of benzene rings is 3. The fourth-order valence-electron chi connectivity index (χ4n) is 5.35. The monoisotopic (exact) mass is 631 g/mol. The molecular weight excluding hydrogens is 599 g/mol. The Labute approximate surface area is 263 Å². The van der Waals surface area contributed by atoms with Crippen LogP contribution in [-0.4, -0.2) is 73.6 Å². The lowest BCUT2D eigenvalue weighted by Gasteiger charge is -2.33. The maximum atomic E-state index is 14.1. The Balaban J connectivity index is 1.26. The highest BCUT2D eigenvalue weighted by Crippen LogP contribution is 2.35. The smallest absolute Gasteiger partial charge is 0.416 e. The molecule has 0 radical (unpaired) electrons. The first kappa shape index (κ1) is 31.0. The summed E-state index contributed by atoms with van der Waals surface area (Å²) in [5.41, 5.74) is 1.67. The lowest BCUT2D eigenvalue weighted by molar-refractivity contribution is -0.138. The maximum absolute atomic E-state index is 14.1. The predicted octanol–water partition coefficient (Wildman–Crippen LogP) is 5.86. The summed E-state index contributed by atoms with van der Waals surface area (Å²) < 4.78 is 50.2. The molecule has 1 aliphatic heterocycles. The average molecular weight is 632 g/mol. The van der Waals surface area contributed by atoms with E-state index >= 15 is 0 Å². The molecule has 6 rings (SSSR count). The number of aromatic nitrogens is 4. The highest BCUT2D eigenvalue weighted by Gasteiger charge is 2.34. The van der Waals surface area contributed by atoms with Crippen molar-refractivity contribution in [2.75, 3.05) is 38.5 Å². The number of aryl methyl sites for hydroxylation is 2. The van der Waals surface area contributed by atoms with Gasteiger partial charge in [0.1, 0.15) is 11.5 Å². The summed E-state index contributed by atoms with van der Waals surface area (Å²) in [7, 11) is 3.76. The van der Waals surface area contributed by atoms with Gasteiger partial charge in [-0.15, -0.1) is 0 Å². The third-order valence-electron chi connectivity index (χ3n) is 7.96. The fourth-order valence-corrected chi connectivity index (χ4v) is 5.35. The highest BCUT2D eigenvalue weighted by atomic mass is 19.4. The van der Waals surface area contributed by atoms with E-state index in [1.165, 1.54) is 30.3 Å². The zero-order valence-corrected chi connectivity index (χ0v) is 25.5. The number of ether oxygens (including phenoxy) is 1. The van der Waals surface area contributed by atoms with E-state index in [4.69, 9.17) is 4.74 Å². The Hall–Kier alpha value is -5.01. The number of aromatic hydroxyl groups is 1. The quantitative estimate of drug-likeness (QED) is 0.230. The molecule has 1 amide bonds. The average Bonchev–Trinajstić information content (AvgIpc) is 3.40. The highest BCUT2D eigenvalue weighted by molar-refractivity contribution is 6.05. The minimum atomic E-state index is -4.59. The number of nitrogens with one attached hydrogen (secondary N) is 1. The Bertz CT molecular complexity index is 1920. The zero-order valence-electron chi connectivity index (χ0n) is 25.5. The number of nitrogens with zero attached hydrogens (tertiary/aromatic N) is 6. The van der Waals surface area contributed by atoms with Crippen LogP contribution in [0.2, 0.25) is 0 Å². The van der Waals surface area contributed by atoms with Crippen molar-refractivity contribution in [1.29, 1.82) is 0 Å². The summed E-state index contributed by atoms with van der Waals surface area (Å²) in [5.74, 6) is 0.152. The molecule has 0 aliphatic carbocycles. The first-order valence-electron chi connectivity index (χ1n) is 14.6. The molecule has 3 aromatic carbocycles. The van der Waals surface area contributed by atoms with Gasteiger partial charge >= 0.3 is 6.18 Å². The number of likely N-dealkylation sites (N-methyl/N-ethyl adjacent to an activating group) is 1. The number of carbonyl (C=O) groups is 1. The topological polar surface area (TPSA) is 109 Å². The third-order valence-corrected chi connectivity index (χ3v) is 7.96. The molecule has 13 heteroatoms. The van der Waals surface area contributed by atoms with Crippen molar-refractivity contribution in [1.82, 2.24) is 29.3 Å². The van der Waals surface area contributed by atoms with Gasteiger partial charge in [-0.05, 0) is 61.5 Å². The van der Waals surface area contributed by atoms with E-state index in [2.05, 4.69) is 25.2 Å². The van der Waals surface area contributed by atoms with E-state index in [0.29, 0.717) is 41.2 Å². The van der Waals surface area contributed by atoms with Gasteiger partial charge in [-0.3, -0.25) is 9.69 Å².